The third kappa shape index (κ3) is 7.17. The third-order valence-electron chi connectivity index (χ3n) is 5.95. The molecule has 3 aromatic carbocycles. The Morgan fingerprint density at radius 3 is 1.81 bits per heavy atom. The number of hydrogen-bond acceptors (Lipinski definition) is 4. The van der Waals surface area contributed by atoms with E-state index < -0.39 is 0 Å². The van der Waals surface area contributed by atoms with E-state index in [1.54, 1.807) is 25.4 Å². The van der Waals surface area contributed by atoms with Crippen molar-refractivity contribution in [3.63, 3.8) is 0 Å². The van der Waals surface area contributed by atoms with Crippen molar-refractivity contribution in [1.82, 2.24) is 15.1 Å². The van der Waals surface area contributed by atoms with Crippen LogP contribution in [0.1, 0.15) is 32.8 Å². The lowest BCUT2D eigenvalue weighted by molar-refractivity contribution is -0.134. The first-order valence-corrected chi connectivity index (χ1v) is 12.0. The van der Waals surface area contributed by atoms with Crippen molar-refractivity contribution in [2.45, 2.75) is 26.2 Å². The van der Waals surface area contributed by atoms with Crippen LogP contribution >= 0.6 is 0 Å². The molecule has 6 nitrogen and oxygen atoms in total. The van der Waals surface area contributed by atoms with Crippen LogP contribution in [-0.2, 0) is 31.0 Å². The average molecular weight is 482 g/mol. The van der Waals surface area contributed by atoms with E-state index in [1.165, 1.54) is 0 Å². The largest absolute Gasteiger partial charge is 0.468 e. The second kappa shape index (κ2) is 12.5. The summed E-state index contributed by atoms with van der Waals surface area (Å²) in [5.41, 5.74) is 3.79. The van der Waals surface area contributed by atoms with Gasteiger partial charge in [0.1, 0.15) is 5.76 Å². The van der Waals surface area contributed by atoms with Crippen LogP contribution < -0.4 is 5.32 Å². The number of carbonyl (C=O) groups excluding carboxylic acids is 2. The highest BCUT2D eigenvalue weighted by Crippen LogP contribution is 2.15. The van der Waals surface area contributed by atoms with Crippen LogP contribution in [0.25, 0.3) is 0 Å². The van der Waals surface area contributed by atoms with Gasteiger partial charge in [0.05, 0.1) is 19.4 Å². The predicted octanol–water partition coefficient (Wildman–Crippen LogP) is 4.87. The van der Waals surface area contributed by atoms with Crippen molar-refractivity contribution in [2.24, 2.45) is 0 Å². The summed E-state index contributed by atoms with van der Waals surface area (Å²) >= 11 is 0. The average Bonchev–Trinajstić information content (AvgIpc) is 3.42. The third-order valence-corrected chi connectivity index (χ3v) is 5.95. The zero-order valence-corrected chi connectivity index (χ0v) is 20.5. The van der Waals surface area contributed by atoms with E-state index in [2.05, 4.69) is 10.2 Å². The molecule has 184 valence electrons. The number of nitrogens with zero attached hydrogens (tertiary/aromatic N) is 2. The van der Waals surface area contributed by atoms with Crippen LogP contribution in [0, 0.1) is 0 Å². The Kier molecular flexibility index (Phi) is 8.67. The minimum Gasteiger partial charge on any atom is -0.468 e. The predicted molar refractivity (Wildman–Crippen MR) is 140 cm³/mol. The Labute approximate surface area is 212 Å². The smallest absolute Gasteiger partial charge is 0.251 e. The molecular formula is C30H31N3O3. The first-order chi connectivity index (χ1) is 17.6. The van der Waals surface area contributed by atoms with Gasteiger partial charge in [-0.15, -0.1) is 0 Å². The maximum absolute atomic E-state index is 13.7. The summed E-state index contributed by atoms with van der Waals surface area (Å²) < 4.78 is 5.58. The van der Waals surface area contributed by atoms with Crippen LogP contribution in [0.3, 0.4) is 0 Å². The molecule has 0 radical (unpaired) electrons. The summed E-state index contributed by atoms with van der Waals surface area (Å²) in [6.07, 6.45) is 1.64. The van der Waals surface area contributed by atoms with E-state index in [0.717, 1.165) is 22.5 Å². The Bertz CT molecular complexity index is 1180. The van der Waals surface area contributed by atoms with E-state index >= 15 is 0 Å². The zero-order valence-electron chi connectivity index (χ0n) is 20.5. The van der Waals surface area contributed by atoms with E-state index in [9.17, 15) is 9.59 Å². The van der Waals surface area contributed by atoms with Crippen molar-refractivity contribution < 1.29 is 14.0 Å². The van der Waals surface area contributed by atoms with Crippen LogP contribution in [0.15, 0.2) is 108 Å². The summed E-state index contributed by atoms with van der Waals surface area (Å²) in [5.74, 6) is 0.709. The summed E-state index contributed by atoms with van der Waals surface area (Å²) in [5, 5.41) is 2.64. The molecular weight excluding hydrogens is 450 g/mol. The van der Waals surface area contributed by atoms with Crippen LogP contribution in [0.2, 0.25) is 0 Å². The molecule has 0 spiro atoms. The van der Waals surface area contributed by atoms with Crippen molar-refractivity contribution in [1.29, 1.82) is 0 Å². The quantitative estimate of drug-likeness (QED) is 0.332. The second-order valence-electron chi connectivity index (χ2n) is 8.72. The fourth-order valence-corrected chi connectivity index (χ4v) is 4.09. The number of amides is 2. The fraction of sp³-hybridized carbons (Fsp3) is 0.200. The Hall–Kier alpha value is -4.16. The molecule has 6 heteroatoms. The summed E-state index contributed by atoms with van der Waals surface area (Å²) in [6, 6.07) is 31.3. The van der Waals surface area contributed by atoms with Gasteiger partial charge in [-0.2, -0.15) is 0 Å². The molecule has 0 aliphatic heterocycles. The first kappa shape index (κ1) is 24.9. The summed E-state index contributed by atoms with van der Waals surface area (Å²) in [6.45, 7) is 2.34. The molecule has 0 unspecified atom stereocenters. The number of nitrogens with one attached hydrogen (secondary N) is 1. The molecule has 0 saturated heterocycles. The minimum absolute atomic E-state index is 0.0382. The molecule has 1 N–H and O–H groups in total. The number of hydrogen-bond donors (Lipinski definition) is 1. The highest BCUT2D eigenvalue weighted by molar-refractivity contribution is 5.93. The van der Waals surface area contributed by atoms with E-state index in [4.69, 9.17) is 4.42 Å². The maximum atomic E-state index is 13.7. The molecule has 0 bridgehead atoms. The molecule has 1 aromatic heterocycles. The SMILES string of the molecule is CNC(=O)c1ccc(CN(CC(=O)N(Cc2ccccc2)Cc2ccccc2)Cc2ccco2)cc1. The highest BCUT2D eigenvalue weighted by atomic mass is 16.3. The highest BCUT2D eigenvalue weighted by Gasteiger charge is 2.20. The Morgan fingerprint density at radius 1 is 0.694 bits per heavy atom. The van der Waals surface area contributed by atoms with Crippen molar-refractivity contribution in [3.05, 3.63) is 131 Å². The van der Waals surface area contributed by atoms with Gasteiger partial charge >= 0.3 is 0 Å². The van der Waals surface area contributed by atoms with Crippen molar-refractivity contribution in [3.8, 4) is 0 Å². The van der Waals surface area contributed by atoms with Gasteiger partial charge in [-0.25, -0.2) is 0 Å². The second-order valence-corrected chi connectivity index (χ2v) is 8.72. The lowest BCUT2D eigenvalue weighted by atomic mass is 10.1. The van der Waals surface area contributed by atoms with Crippen LogP contribution in [0.5, 0.6) is 0 Å². The van der Waals surface area contributed by atoms with Gasteiger partial charge in [-0.1, -0.05) is 72.8 Å². The van der Waals surface area contributed by atoms with E-state index in [0.29, 0.717) is 31.7 Å². The van der Waals surface area contributed by atoms with Gasteiger partial charge in [0.2, 0.25) is 5.91 Å². The van der Waals surface area contributed by atoms with E-state index in [-0.39, 0.29) is 18.4 Å². The molecule has 0 aliphatic rings. The molecule has 0 fully saturated rings. The fourth-order valence-electron chi connectivity index (χ4n) is 4.09. The molecule has 36 heavy (non-hydrogen) atoms. The monoisotopic (exact) mass is 481 g/mol. The molecule has 0 saturated carbocycles. The van der Waals surface area contributed by atoms with Gasteiger partial charge in [-0.3, -0.25) is 14.5 Å². The molecule has 2 amide bonds. The summed E-state index contributed by atoms with van der Waals surface area (Å²) in [7, 11) is 1.61. The van der Waals surface area contributed by atoms with Crippen LogP contribution in [-0.4, -0.2) is 35.2 Å². The Balaban J connectivity index is 1.52. The standard InChI is InChI=1S/C30H31N3O3/c1-31-30(35)27-16-14-26(15-17-27)19-32(22-28-13-8-18-36-28)23-29(34)33(20-24-9-4-2-5-10-24)21-25-11-6-3-7-12-25/h2-18H,19-23H2,1H3,(H,31,35). The number of benzene rings is 3. The molecule has 4 rings (SSSR count). The summed E-state index contributed by atoms with van der Waals surface area (Å²) in [4.78, 5) is 29.5. The molecule has 0 atom stereocenters. The topological polar surface area (TPSA) is 65.8 Å². The maximum Gasteiger partial charge on any atom is 0.251 e. The first-order valence-electron chi connectivity index (χ1n) is 12.0. The number of carbonyl (C=O) groups is 2. The van der Waals surface area contributed by atoms with Gasteiger partial charge in [0.15, 0.2) is 0 Å². The van der Waals surface area contributed by atoms with E-state index in [1.807, 2.05) is 89.8 Å². The van der Waals surface area contributed by atoms with Crippen molar-refractivity contribution in [2.75, 3.05) is 13.6 Å². The Morgan fingerprint density at radius 2 is 1.28 bits per heavy atom. The zero-order chi connectivity index (χ0) is 25.2. The van der Waals surface area contributed by atoms with Gasteiger partial charge in [0, 0.05) is 32.2 Å². The lowest BCUT2D eigenvalue weighted by Crippen LogP contribution is -2.39. The van der Waals surface area contributed by atoms with Crippen LogP contribution in [0.4, 0.5) is 0 Å². The molecule has 4 aromatic rings. The lowest BCUT2D eigenvalue weighted by Gasteiger charge is -2.27. The van der Waals surface area contributed by atoms with Gasteiger partial charge in [-0.05, 0) is 41.0 Å². The minimum atomic E-state index is -0.123. The van der Waals surface area contributed by atoms with Gasteiger partial charge < -0.3 is 14.6 Å². The number of rotatable bonds is 11. The molecule has 1 heterocycles. The number of furan rings is 1. The van der Waals surface area contributed by atoms with Crippen molar-refractivity contribution >= 4 is 11.8 Å². The molecule has 0 aliphatic carbocycles. The van der Waals surface area contributed by atoms with Gasteiger partial charge in [0.25, 0.3) is 5.91 Å². The normalized spacial score (nSPS) is 10.8.